The maximum atomic E-state index is 11.4. The SMILES string of the molecule is CCC(=O)Nc1cccc(NCc2cccc(Cl)c2)c1. The summed E-state index contributed by atoms with van der Waals surface area (Å²) in [6.07, 6.45) is 0.472. The summed E-state index contributed by atoms with van der Waals surface area (Å²) in [5.74, 6) is 0.0111. The van der Waals surface area contributed by atoms with Crippen molar-refractivity contribution in [2.24, 2.45) is 0 Å². The van der Waals surface area contributed by atoms with Crippen LogP contribution in [0.25, 0.3) is 0 Å². The molecule has 4 heteroatoms. The van der Waals surface area contributed by atoms with Crippen LogP contribution in [0.3, 0.4) is 0 Å². The summed E-state index contributed by atoms with van der Waals surface area (Å²) in [5, 5.41) is 6.88. The van der Waals surface area contributed by atoms with E-state index in [0.717, 1.165) is 22.0 Å². The van der Waals surface area contributed by atoms with Gasteiger partial charge >= 0.3 is 0 Å². The standard InChI is InChI=1S/C16H17ClN2O/c1-2-16(20)19-15-8-4-7-14(10-15)18-11-12-5-3-6-13(17)9-12/h3-10,18H,2,11H2,1H3,(H,19,20). The molecule has 0 aliphatic rings. The number of carbonyl (C=O) groups excluding carboxylic acids is 1. The van der Waals surface area contributed by atoms with E-state index in [0.29, 0.717) is 13.0 Å². The molecule has 0 saturated heterocycles. The largest absolute Gasteiger partial charge is 0.381 e. The van der Waals surface area contributed by atoms with E-state index >= 15 is 0 Å². The van der Waals surface area contributed by atoms with Crippen molar-refractivity contribution in [2.45, 2.75) is 19.9 Å². The summed E-state index contributed by atoms with van der Waals surface area (Å²) in [6.45, 7) is 2.52. The fourth-order valence-corrected chi connectivity index (χ4v) is 2.02. The molecule has 0 unspecified atom stereocenters. The molecular formula is C16H17ClN2O. The zero-order valence-electron chi connectivity index (χ0n) is 11.3. The van der Waals surface area contributed by atoms with Crippen LogP contribution in [0.5, 0.6) is 0 Å². The fraction of sp³-hybridized carbons (Fsp3) is 0.188. The number of rotatable bonds is 5. The summed E-state index contributed by atoms with van der Waals surface area (Å²) in [6, 6.07) is 15.4. The van der Waals surface area contributed by atoms with E-state index in [2.05, 4.69) is 10.6 Å². The Balaban J connectivity index is 1.99. The molecule has 0 bridgehead atoms. The molecule has 0 saturated carbocycles. The lowest BCUT2D eigenvalue weighted by Crippen LogP contribution is -2.09. The van der Waals surface area contributed by atoms with Gasteiger partial charge in [-0.05, 0) is 35.9 Å². The Morgan fingerprint density at radius 2 is 1.85 bits per heavy atom. The topological polar surface area (TPSA) is 41.1 Å². The highest BCUT2D eigenvalue weighted by atomic mass is 35.5. The van der Waals surface area contributed by atoms with Gasteiger partial charge in [0, 0.05) is 29.4 Å². The van der Waals surface area contributed by atoms with Gasteiger partial charge in [-0.3, -0.25) is 4.79 Å². The van der Waals surface area contributed by atoms with Gasteiger partial charge in [-0.25, -0.2) is 0 Å². The number of amides is 1. The Morgan fingerprint density at radius 1 is 1.10 bits per heavy atom. The number of hydrogen-bond acceptors (Lipinski definition) is 2. The average molecular weight is 289 g/mol. The summed E-state index contributed by atoms with van der Waals surface area (Å²) in [5.41, 5.74) is 2.87. The molecule has 20 heavy (non-hydrogen) atoms. The van der Waals surface area contributed by atoms with E-state index in [1.165, 1.54) is 0 Å². The Labute approximate surface area is 124 Å². The van der Waals surface area contributed by atoms with Crippen molar-refractivity contribution in [3.05, 3.63) is 59.1 Å². The highest BCUT2D eigenvalue weighted by Gasteiger charge is 2.00. The van der Waals surface area contributed by atoms with Crippen LogP contribution in [0, 0.1) is 0 Å². The van der Waals surface area contributed by atoms with E-state index in [1.54, 1.807) is 0 Å². The Hall–Kier alpha value is -2.00. The van der Waals surface area contributed by atoms with Gasteiger partial charge in [-0.2, -0.15) is 0 Å². The van der Waals surface area contributed by atoms with E-state index in [-0.39, 0.29) is 5.91 Å². The van der Waals surface area contributed by atoms with Crippen LogP contribution in [0.15, 0.2) is 48.5 Å². The second kappa shape index (κ2) is 6.96. The first-order valence-corrected chi connectivity index (χ1v) is 6.93. The van der Waals surface area contributed by atoms with E-state index in [9.17, 15) is 4.79 Å². The summed E-state index contributed by atoms with van der Waals surface area (Å²) < 4.78 is 0. The van der Waals surface area contributed by atoms with Crippen molar-refractivity contribution in [3.8, 4) is 0 Å². The Bertz CT molecular complexity index is 599. The van der Waals surface area contributed by atoms with Crippen LogP contribution < -0.4 is 10.6 Å². The molecule has 0 atom stereocenters. The van der Waals surface area contributed by atoms with Crippen molar-refractivity contribution in [3.63, 3.8) is 0 Å². The molecule has 0 spiro atoms. The third-order valence-corrected chi connectivity index (χ3v) is 3.09. The first-order chi connectivity index (χ1) is 9.67. The quantitative estimate of drug-likeness (QED) is 0.861. The lowest BCUT2D eigenvalue weighted by atomic mass is 10.2. The van der Waals surface area contributed by atoms with Gasteiger partial charge in [0.2, 0.25) is 5.91 Å². The molecule has 0 aliphatic heterocycles. The Kier molecular flexibility index (Phi) is 5.02. The average Bonchev–Trinajstić information content (AvgIpc) is 2.45. The second-order valence-electron chi connectivity index (χ2n) is 4.47. The summed E-state index contributed by atoms with van der Waals surface area (Å²) in [7, 11) is 0. The van der Waals surface area contributed by atoms with E-state index < -0.39 is 0 Å². The number of carbonyl (C=O) groups is 1. The van der Waals surface area contributed by atoms with Crippen LogP contribution in [-0.4, -0.2) is 5.91 Å². The predicted molar refractivity (Wildman–Crippen MR) is 84.1 cm³/mol. The summed E-state index contributed by atoms with van der Waals surface area (Å²) in [4.78, 5) is 11.4. The molecule has 0 aromatic heterocycles. The van der Waals surface area contributed by atoms with Crippen molar-refractivity contribution in [1.29, 1.82) is 0 Å². The Morgan fingerprint density at radius 3 is 2.60 bits per heavy atom. The molecular weight excluding hydrogens is 272 g/mol. The highest BCUT2D eigenvalue weighted by Crippen LogP contribution is 2.17. The maximum Gasteiger partial charge on any atom is 0.224 e. The van der Waals surface area contributed by atoms with Crippen molar-refractivity contribution in [2.75, 3.05) is 10.6 Å². The van der Waals surface area contributed by atoms with Gasteiger partial charge in [0.1, 0.15) is 0 Å². The molecule has 2 aromatic carbocycles. The molecule has 104 valence electrons. The van der Waals surface area contributed by atoms with Gasteiger partial charge in [-0.15, -0.1) is 0 Å². The molecule has 0 aliphatic carbocycles. The van der Waals surface area contributed by atoms with E-state index in [1.807, 2.05) is 55.5 Å². The smallest absolute Gasteiger partial charge is 0.224 e. The van der Waals surface area contributed by atoms with Gasteiger partial charge in [0.05, 0.1) is 0 Å². The molecule has 2 rings (SSSR count). The molecule has 3 nitrogen and oxygen atoms in total. The second-order valence-corrected chi connectivity index (χ2v) is 4.90. The fourth-order valence-electron chi connectivity index (χ4n) is 1.81. The van der Waals surface area contributed by atoms with Crippen molar-refractivity contribution >= 4 is 28.9 Å². The minimum Gasteiger partial charge on any atom is -0.381 e. The highest BCUT2D eigenvalue weighted by molar-refractivity contribution is 6.30. The number of benzene rings is 2. The number of hydrogen-bond donors (Lipinski definition) is 2. The molecule has 1 amide bonds. The van der Waals surface area contributed by atoms with E-state index in [4.69, 9.17) is 11.6 Å². The van der Waals surface area contributed by atoms with Crippen LogP contribution in [0.2, 0.25) is 5.02 Å². The molecule has 0 fully saturated rings. The molecule has 0 radical (unpaired) electrons. The molecule has 2 N–H and O–H groups in total. The zero-order chi connectivity index (χ0) is 14.4. The van der Waals surface area contributed by atoms with Gasteiger partial charge in [0.15, 0.2) is 0 Å². The van der Waals surface area contributed by atoms with Gasteiger partial charge in [0.25, 0.3) is 0 Å². The number of anilines is 2. The first kappa shape index (κ1) is 14.4. The van der Waals surface area contributed by atoms with Crippen molar-refractivity contribution < 1.29 is 4.79 Å². The van der Waals surface area contributed by atoms with Crippen LogP contribution in [-0.2, 0) is 11.3 Å². The number of nitrogens with one attached hydrogen (secondary N) is 2. The summed E-state index contributed by atoms with van der Waals surface area (Å²) >= 11 is 5.95. The van der Waals surface area contributed by atoms with Gasteiger partial charge < -0.3 is 10.6 Å². The predicted octanol–water partition coefficient (Wildman–Crippen LogP) is 4.30. The van der Waals surface area contributed by atoms with Crippen LogP contribution in [0.1, 0.15) is 18.9 Å². The molecule has 2 aromatic rings. The third-order valence-electron chi connectivity index (χ3n) is 2.85. The van der Waals surface area contributed by atoms with Crippen LogP contribution >= 0.6 is 11.6 Å². The maximum absolute atomic E-state index is 11.4. The minimum atomic E-state index is 0.0111. The minimum absolute atomic E-state index is 0.0111. The third kappa shape index (κ3) is 4.28. The van der Waals surface area contributed by atoms with Gasteiger partial charge in [-0.1, -0.05) is 36.7 Å². The zero-order valence-corrected chi connectivity index (χ0v) is 12.1. The lowest BCUT2D eigenvalue weighted by molar-refractivity contribution is -0.115. The molecule has 0 heterocycles. The van der Waals surface area contributed by atoms with Crippen molar-refractivity contribution in [1.82, 2.24) is 0 Å². The normalized spacial score (nSPS) is 10.1. The van der Waals surface area contributed by atoms with Crippen LogP contribution in [0.4, 0.5) is 11.4 Å². The monoisotopic (exact) mass is 288 g/mol. The lowest BCUT2D eigenvalue weighted by Gasteiger charge is -2.09. The number of halogens is 1. The first-order valence-electron chi connectivity index (χ1n) is 6.55.